The van der Waals surface area contributed by atoms with E-state index in [0.29, 0.717) is 15.8 Å². The molecule has 0 saturated carbocycles. The summed E-state index contributed by atoms with van der Waals surface area (Å²) in [7, 11) is 1.58. The first-order chi connectivity index (χ1) is 13.7. The van der Waals surface area contributed by atoms with Crippen LogP contribution in [0.1, 0.15) is 15.9 Å². The van der Waals surface area contributed by atoms with Crippen LogP contribution in [0.3, 0.4) is 0 Å². The van der Waals surface area contributed by atoms with Gasteiger partial charge in [0.05, 0.1) is 17.8 Å². The van der Waals surface area contributed by atoms with Crippen molar-refractivity contribution in [1.82, 2.24) is 5.43 Å². The summed E-state index contributed by atoms with van der Waals surface area (Å²) in [6.07, 6.45) is 1.71. The Bertz CT molecular complexity index is 1160. The van der Waals surface area contributed by atoms with Crippen molar-refractivity contribution in [3.05, 3.63) is 88.4 Å². The molecule has 0 aliphatic carbocycles. The van der Waals surface area contributed by atoms with Gasteiger partial charge in [0.25, 0.3) is 5.91 Å². The van der Waals surface area contributed by atoms with Gasteiger partial charge in [-0.1, -0.05) is 48.5 Å². The molecule has 138 valence electrons. The normalized spacial score (nSPS) is 11.2. The van der Waals surface area contributed by atoms with Crippen LogP contribution in [-0.2, 0) is 0 Å². The molecule has 0 fully saturated rings. The van der Waals surface area contributed by atoms with Crippen LogP contribution < -0.4 is 10.2 Å². The second-order valence-electron chi connectivity index (χ2n) is 6.28. The van der Waals surface area contributed by atoms with E-state index in [0.717, 1.165) is 27.1 Å². The molecule has 0 radical (unpaired) electrons. The molecular formula is C23H17BrN2O2. The minimum atomic E-state index is -0.288. The number of nitrogens with zero attached hydrogens (tertiary/aromatic N) is 1. The standard InChI is InChI=1S/C23H17BrN2O2/c1-28-22-11-10-17(13-21(22)24)23(27)26-25-14-20-18-8-4-2-6-15(18)12-16-7-3-5-9-19(16)20/h2-14H,1H3,(H,26,27)/b25-14+. The summed E-state index contributed by atoms with van der Waals surface area (Å²) in [6, 6.07) is 23.6. The van der Waals surface area contributed by atoms with E-state index < -0.39 is 0 Å². The number of hydrazone groups is 1. The van der Waals surface area contributed by atoms with Crippen LogP contribution >= 0.6 is 15.9 Å². The number of ether oxygens (including phenoxy) is 1. The third kappa shape index (κ3) is 3.49. The molecule has 0 aromatic heterocycles. The van der Waals surface area contributed by atoms with Crippen LogP contribution in [0.25, 0.3) is 21.5 Å². The van der Waals surface area contributed by atoms with Crippen molar-refractivity contribution in [1.29, 1.82) is 0 Å². The number of benzene rings is 4. The van der Waals surface area contributed by atoms with E-state index in [4.69, 9.17) is 4.74 Å². The average molecular weight is 433 g/mol. The van der Waals surface area contributed by atoms with Crippen LogP contribution in [0.2, 0.25) is 0 Å². The molecular weight excluding hydrogens is 416 g/mol. The van der Waals surface area contributed by atoms with Crippen LogP contribution in [0.5, 0.6) is 5.75 Å². The minimum Gasteiger partial charge on any atom is -0.496 e. The summed E-state index contributed by atoms with van der Waals surface area (Å²) in [6.45, 7) is 0. The Labute approximate surface area is 171 Å². The van der Waals surface area contributed by atoms with E-state index in [-0.39, 0.29) is 5.91 Å². The number of nitrogens with one attached hydrogen (secondary N) is 1. The highest BCUT2D eigenvalue weighted by Gasteiger charge is 2.09. The summed E-state index contributed by atoms with van der Waals surface area (Å²) in [5.41, 5.74) is 4.08. The third-order valence-corrected chi connectivity index (χ3v) is 5.21. The zero-order valence-electron chi connectivity index (χ0n) is 15.1. The van der Waals surface area contributed by atoms with Crippen LogP contribution in [-0.4, -0.2) is 19.2 Å². The highest BCUT2D eigenvalue weighted by Crippen LogP contribution is 2.27. The fourth-order valence-electron chi connectivity index (χ4n) is 3.22. The number of rotatable bonds is 4. The van der Waals surface area contributed by atoms with Gasteiger partial charge in [-0.15, -0.1) is 0 Å². The van der Waals surface area contributed by atoms with Crippen molar-refractivity contribution >= 4 is 49.6 Å². The van der Waals surface area contributed by atoms with Gasteiger partial charge in [0.15, 0.2) is 0 Å². The smallest absolute Gasteiger partial charge is 0.271 e. The molecule has 0 atom stereocenters. The Hall–Kier alpha value is -3.18. The van der Waals surface area contributed by atoms with Crippen LogP contribution in [0, 0.1) is 0 Å². The summed E-state index contributed by atoms with van der Waals surface area (Å²) in [5.74, 6) is 0.381. The largest absolute Gasteiger partial charge is 0.496 e. The van der Waals surface area contributed by atoms with E-state index in [1.807, 2.05) is 24.3 Å². The van der Waals surface area contributed by atoms with Gasteiger partial charge in [-0.2, -0.15) is 5.10 Å². The zero-order valence-corrected chi connectivity index (χ0v) is 16.7. The number of halogens is 1. The molecule has 4 aromatic carbocycles. The molecule has 4 nitrogen and oxygen atoms in total. The van der Waals surface area contributed by atoms with Gasteiger partial charge in [-0.3, -0.25) is 4.79 Å². The van der Waals surface area contributed by atoms with E-state index in [2.05, 4.69) is 56.8 Å². The maximum Gasteiger partial charge on any atom is 0.271 e. The molecule has 4 rings (SSSR count). The first kappa shape index (κ1) is 18.2. The average Bonchev–Trinajstić information content (AvgIpc) is 2.73. The number of hydrogen-bond acceptors (Lipinski definition) is 3. The van der Waals surface area contributed by atoms with Crippen molar-refractivity contribution in [2.75, 3.05) is 7.11 Å². The molecule has 0 saturated heterocycles. The van der Waals surface area contributed by atoms with Gasteiger partial charge in [-0.25, -0.2) is 5.43 Å². The maximum absolute atomic E-state index is 12.4. The minimum absolute atomic E-state index is 0.288. The second-order valence-corrected chi connectivity index (χ2v) is 7.14. The monoisotopic (exact) mass is 432 g/mol. The number of carbonyl (C=O) groups is 1. The van der Waals surface area contributed by atoms with Crippen molar-refractivity contribution in [2.24, 2.45) is 5.10 Å². The lowest BCUT2D eigenvalue weighted by Crippen LogP contribution is -2.17. The lowest BCUT2D eigenvalue weighted by molar-refractivity contribution is 0.0955. The SMILES string of the molecule is COc1ccc(C(=O)N/N=C/c2c3ccccc3cc3ccccc23)cc1Br. The molecule has 1 N–H and O–H groups in total. The molecule has 0 bridgehead atoms. The van der Waals surface area contributed by atoms with Crippen molar-refractivity contribution in [2.45, 2.75) is 0 Å². The Balaban J connectivity index is 1.66. The third-order valence-electron chi connectivity index (χ3n) is 4.59. The number of methoxy groups -OCH3 is 1. The van der Waals surface area contributed by atoms with Gasteiger partial charge < -0.3 is 4.74 Å². The van der Waals surface area contributed by atoms with E-state index in [9.17, 15) is 4.79 Å². The quantitative estimate of drug-likeness (QED) is 0.262. The number of amides is 1. The van der Waals surface area contributed by atoms with Gasteiger partial charge >= 0.3 is 0 Å². The van der Waals surface area contributed by atoms with Crippen LogP contribution in [0.4, 0.5) is 0 Å². The molecule has 0 aliphatic heterocycles. The van der Waals surface area contributed by atoms with Crippen molar-refractivity contribution < 1.29 is 9.53 Å². The summed E-state index contributed by atoms with van der Waals surface area (Å²) >= 11 is 3.39. The maximum atomic E-state index is 12.4. The Kier molecular flexibility index (Phi) is 5.08. The van der Waals surface area contributed by atoms with Crippen molar-refractivity contribution in [3.8, 4) is 5.75 Å². The first-order valence-corrected chi connectivity index (χ1v) is 9.54. The molecule has 0 aliphatic rings. The lowest BCUT2D eigenvalue weighted by Gasteiger charge is -2.08. The Morgan fingerprint density at radius 3 is 2.21 bits per heavy atom. The predicted octanol–water partition coefficient (Wildman–Crippen LogP) is 5.53. The van der Waals surface area contributed by atoms with Gasteiger partial charge in [-0.05, 0) is 61.7 Å². The van der Waals surface area contributed by atoms with Crippen LogP contribution in [0.15, 0.2) is 82.4 Å². The van der Waals surface area contributed by atoms with E-state index in [1.165, 1.54) is 0 Å². The van der Waals surface area contributed by atoms with Gasteiger partial charge in [0.1, 0.15) is 5.75 Å². The predicted molar refractivity (Wildman–Crippen MR) is 117 cm³/mol. The molecule has 28 heavy (non-hydrogen) atoms. The topological polar surface area (TPSA) is 50.7 Å². The second kappa shape index (κ2) is 7.82. The molecule has 1 amide bonds. The molecule has 0 spiro atoms. The first-order valence-electron chi connectivity index (χ1n) is 8.75. The van der Waals surface area contributed by atoms with Crippen molar-refractivity contribution in [3.63, 3.8) is 0 Å². The number of carbonyl (C=O) groups excluding carboxylic acids is 1. The fraction of sp³-hybridized carbons (Fsp3) is 0.0435. The highest BCUT2D eigenvalue weighted by atomic mass is 79.9. The van der Waals surface area contributed by atoms with E-state index >= 15 is 0 Å². The lowest BCUT2D eigenvalue weighted by atomic mass is 9.97. The fourth-order valence-corrected chi connectivity index (χ4v) is 3.76. The Morgan fingerprint density at radius 1 is 0.964 bits per heavy atom. The summed E-state index contributed by atoms with van der Waals surface area (Å²) in [5, 5.41) is 8.66. The van der Waals surface area contributed by atoms with E-state index in [1.54, 1.807) is 31.5 Å². The van der Waals surface area contributed by atoms with Gasteiger partial charge in [0, 0.05) is 11.1 Å². The molecule has 5 heteroatoms. The van der Waals surface area contributed by atoms with Gasteiger partial charge in [0.2, 0.25) is 0 Å². The summed E-state index contributed by atoms with van der Waals surface area (Å²) < 4.78 is 5.91. The summed E-state index contributed by atoms with van der Waals surface area (Å²) in [4.78, 5) is 12.4. The molecule has 0 unspecified atom stereocenters. The number of hydrogen-bond donors (Lipinski definition) is 1. The zero-order chi connectivity index (χ0) is 19.5. The Morgan fingerprint density at radius 2 is 1.61 bits per heavy atom. The molecule has 4 aromatic rings. The number of fused-ring (bicyclic) bond motifs is 2. The molecule has 0 heterocycles. The highest BCUT2D eigenvalue weighted by molar-refractivity contribution is 9.10.